The molecular formula is C4H7ClN2O3. The first-order chi connectivity index (χ1) is 4.70. The molecule has 0 atom stereocenters. The van der Waals surface area contributed by atoms with E-state index in [1.807, 2.05) is 0 Å². The second-order valence-corrected chi connectivity index (χ2v) is 1.46. The van der Waals surface area contributed by atoms with Gasteiger partial charge in [0.05, 0.1) is 6.61 Å². The standard InChI is InChI=1S/C4H7ClN2O3/c1-2-10-4(9)6-3(8)7-5/h2H2,1H3,(H2,6,7,8,9). The van der Waals surface area contributed by atoms with E-state index in [0.717, 1.165) is 0 Å². The summed E-state index contributed by atoms with van der Waals surface area (Å²) in [5, 5.41) is 1.79. The molecule has 0 aliphatic rings. The van der Waals surface area contributed by atoms with Gasteiger partial charge < -0.3 is 4.74 Å². The van der Waals surface area contributed by atoms with E-state index in [1.165, 1.54) is 0 Å². The predicted octanol–water partition coefficient (Wildman–Crippen LogP) is 0.596. The van der Waals surface area contributed by atoms with Crippen molar-refractivity contribution in [2.45, 2.75) is 6.92 Å². The topological polar surface area (TPSA) is 67.4 Å². The highest BCUT2D eigenvalue weighted by molar-refractivity contribution is 6.22. The molecule has 2 N–H and O–H groups in total. The summed E-state index contributed by atoms with van der Waals surface area (Å²) in [5.74, 6) is 0. The van der Waals surface area contributed by atoms with E-state index in [4.69, 9.17) is 11.8 Å². The van der Waals surface area contributed by atoms with Crippen LogP contribution in [0.1, 0.15) is 6.92 Å². The molecular weight excluding hydrogens is 160 g/mol. The number of hydrogen-bond acceptors (Lipinski definition) is 3. The first-order valence-corrected chi connectivity index (χ1v) is 2.93. The van der Waals surface area contributed by atoms with Crippen LogP contribution < -0.4 is 10.2 Å². The van der Waals surface area contributed by atoms with Gasteiger partial charge in [-0.25, -0.2) is 19.7 Å². The summed E-state index contributed by atoms with van der Waals surface area (Å²) in [7, 11) is 0. The van der Waals surface area contributed by atoms with Crippen LogP contribution in [0.5, 0.6) is 0 Å². The maximum Gasteiger partial charge on any atom is 0.415 e. The van der Waals surface area contributed by atoms with Gasteiger partial charge >= 0.3 is 12.1 Å². The summed E-state index contributed by atoms with van der Waals surface area (Å²) >= 11 is 4.83. The number of ether oxygens (including phenoxy) is 1. The van der Waals surface area contributed by atoms with Crippen molar-refractivity contribution >= 4 is 23.9 Å². The van der Waals surface area contributed by atoms with Crippen molar-refractivity contribution < 1.29 is 14.3 Å². The highest BCUT2D eigenvalue weighted by Crippen LogP contribution is 1.76. The van der Waals surface area contributed by atoms with Gasteiger partial charge in [0, 0.05) is 11.8 Å². The monoisotopic (exact) mass is 166 g/mol. The van der Waals surface area contributed by atoms with Crippen LogP contribution >= 0.6 is 11.8 Å². The molecule has 0 fully saturated rings. The molecule has 0 aromatic heterocycles. The van der Waals surface area contributed by atoms with E-state index < -0.39 is 12.1 Å². The van der Waals surface area contributed by atoms with Crippen molar-refractivity contribution in [2.24, 2.45) is 0 Å². The number of urea groups is 1. The largest absolute Gasteiger partial charge is 0.450 e. The van der Waals surface area contributed by atoms with Crippen LogP contribution in [0, 0.1) is 0 Å². The van der Waals surface area contributed by atoms with Gasteiger partial charge in [0.15, 0.2) is 0 Å². The lowest BCUT2D eigenvalue weighted by Gasteiger charge is -2.00. The van der Waals surface area contributed by atoms with E-state index >= 15 is 0 Å². The third kappa shape index (κ3) is 3.96. The second kappa shape index (κ2) is 4.87. The molecule has 0 aliphatic heterocycles. The third-order valence-electron chi connectivity index (χ3n) is 0.577. The van der Waals surface area contributed by atoms with Crippen LogP contribution in [0.4, 0.5) is 9.59 Å². The Kier molecular flexibility index (Phi) is 4.39. The summed E-state index contributed by atoms with van der Waals surface area (Å²) in [6, 6.07) is -0.805. The van der Waals surface area contributed by atoms with Gasteiger partial charge in [0.25, 0.3) is 0 Å². The predicted molar refractivity (Wildman–Crippen MR) is 34.5 cm³/mol. The molecule has 0 unspecified atom stereocenters. The van der Waals surface area contributed by atoms with Crippen molar-refractivity contribution in [3.63, 3.8) is 0 Å². The summed E-state index contributed by atoms with van der Waals surface area (Å²) in [5.41, 5.74) is 0. The molecule has 0 aromatic carbocycles. The first-order valence-electron chi connectivity index (χ1n) is 2.55. The average Bonchev–Trinajstić information content (AvgIpc) is 1.88. The van der Waals surface area contributed by atoms with Crippen molar-refractivity contribution in [1.82, 2.24) is 10.2 Å². The molecule has 0 heterocycles. The molecule has 0 bridgehead atoms. The molecule has 10 heavy (non-hydrogen) atoms. The Morgan fingerprint density at radius 3 is 2.60 bits per heavy atom. The molecule has 0 spiro atoms. The molecule has 6 heteroatoms. The molecule has 0 saturated carbocycles. The second-order valence-electron chi connectivity index (χ2n) is 1.27. The number of hydrogen-bond donors (Lipinski definition) is 2. The Labute approximate surface area is 62.8 Å². The van der Waals surface area contributed by atoms with Crippen LogP contribution in [0.15, 0.2) is 0 Å². The van der Waals surface area contributed by atoms with Crippen molar-refractivity contribution in [3.05, 3.63) is 0 Å². The number of amides is 3. The molecule has 0 rings (SSSR count). The Morgan fingerprint density at radius 2 is 2.20 bits per heavy atom. The van der Waals surface area contributed by atoms with E-state index in [2.05, 4.69) is 4.74 Å². The van der Waals surface area contributed by atoms with Gasteiger partial charge in [-0.05, 0) is 6.92 Å². The first kappa shape index (κ1) is 9.03. The number of imide groups is 1. The molecule has 0 aliphatic carbocycles. The number of halogens is 1. The zero-order valence-electron chi connectivity index (χ0n) is 5.31. The van der Waals surface area contributed by atoms with E-state index in [-0.39, 0.29) is 6.61 Å². The molecule has 5 nitrogen and oxygen atoms in total. The Bertz CT molecular complexity index is 138. The molecule has 3 amide bonds. The highest BCUT2D eigenvalue weighted by Gasteiger charge is 2.04. The van der Waals surface area contributed by atoms with Gasteiger partial charge in [-0.3, -0.25) is 0 Å². The maximum atomic E-state index is 10.4. The van der Waals surface area contributed by atoms with Crippen molar-refractivity contribution in [1.29, 1.82) is 0 Å². The molecule has 0 saturated heterocycles. The fraction of sp³-hybridized carbons (Fsp3) is 0.500. The van der Waals surface area contributed by atoms with Gasteiger partial charge in [-0.1, -0.05) is 0 Å². The maximum absolute atomic E-state index is 10.4. The highest BCUT2D eigenvalue weighted by atomic mass is 35.5. The van der Waals surface area contributed by atoms with Crippen molar-refractivity contribution in [2.75, 3.05) is 6.61 Å². The van der Waals surface area contributed by atoms with E-state index in [0.29, 0.717) is 0 Å². The van der Waals surface area contributed by atoms with Gasteiger partial charge in [-0.2, -0.15) is 0 Å². The lowest BCUT2D eigenvalue weighted by Crippen LogP contribution is -2.35. The zero-order chi connectivity index (χ0) is 7.98. The summed E-state index contributed by atoms with van der Waals surface area (Å²) in [6.45, 7) is 1.83. The fourth-order valence-electron chi connectivity index (χ4n) is 0.283. The third-order valence-corrected chi connectivity index (χ3v) is 0.748. The van der Waals surface area contributed by atoms with E-state index in [9.17, 15) is 9.59 Å². The minimum Gasteiger partial charge on any atom is -0.450 e. The number of alkyl carbamates (subject to hydrolysis) is 1. The molecule has 58 valence electrons. The Balaban J connectivity index is 3.47. The zero-order valence-corrected chi connectivity index (χ0v) is 6.07. The Hall–Kier alpha value is -0.970. The van der Waals surface area contributed by atoms with Crippen molar-refractivity contribution in [3.8, 4) is 0 Å². The summed E-state index contributed by atoms with van der Waals surface area (Å²) in [4.78, 5) is 22.3. The number of carbonyl (C=O) groups excluding carboxylic acids is 2. The van der Waals surface area contributed by atoms with Crippen LogP contribution in [0.2, 0.25) is 0 Å². The van der Waals surface area contributed by atoms with E-state index in [1.54, 1.807) is 17.1 Å². The molecule has 0 aromatic rings. The normalized spacial score (nSPS) is 8.20. The lowest BCUT2D eigenvalue weighted by atomic mass is 10.8. The minimum atomic E-state index is -0.819. The van der Waals surface area contributed by atoms with Gasteiger partial charge in [0.2, 0.25) is 0 Å². The van der Waals surface area contributed by atoms with Crippen LogP contribution in [-0.2, 0) is 4.74 Å². The number of nitrogens with one attached hydrogen (secondary N) is 2. The van der Waals surface area contributed by atoms with Crippen LogP contribution in [-0.4, -0.2) is 18.7 Å². The van der Waals surface area contributed by atoms with Crippen LogP contribution in [0.3, 0.4) is 0 Å². The smallest absolute Gasteiger partial charge is 0.415 e. The average molecular weight is 167 g/mol. The van der Waals surface area contributed by atoms with Gasteiger partial charge in [-0.15, -0.1) is 0 Å². The summed E-state index contributed by atoms with van der Waals surface area (Å²) in [6.07, 6.45) is -0.819. The number of rotatable bonds is 1. The molecule has 0 radical (unpaired) electrons. The fourth-order valence-corrected chi connectivity index (χ4v) is 0.331. The minimum absolute atomic E-state index is 0.210. The Morgan fingerprint density at radius 1 is 1.60 bits per heavy atom. The van der Waals surface area contributed by atoms with Gasteiger partial charge in [0.1, 0.15) is 0 Å². The SMILES string of the molecule is CCOC(=O)NC(=O)NCl. The lowest BCUT2D eigenvalue weighted by molar-refractivity contribution is 0.153. The quantitative estimate of drug-likeness (QED) is 0.561. The van der Waals surface area contributed by atoms with Crippen LogP contribution in [0.25, 0.3) is 0 Å². The number of carbonyl (C=O) groups is 2. The summed E-state index contributed by atoms with van der Waals surface area (Å²) < 4.78 is 4.34.